The quantitative estimate of drug-likeness (QED) is 0.402. The summed E-state index contributed by atoms with van der Waals surface area (Å²) < 4.78 is 10.8. The predicted octanol–water partition coefficient (Wildman–Crippen LogP) is 3.27. The van der Waals surface area contributed by atoms with Crippen molar-refractivity contribution in [2.75, 3.05) is 0 Å². The van der Waals surface area contributed by atoms with Gasteiger partial charge < -0.3 is 9.47 Å². The van der Waals surface area contributed by atoms with Gasteiger partial charge in [-0.3, -0.25) is 0 Å². The van der Waals surface area contributed by atoms with E-state index in [0.29, 0.717) is 6.61 Å². The first-order chi connectivity index (χ1) is 7.20. The molecule has 1 atom stereocenters. The lowest BCUT2D eigenvalue weighted by atomic mass is 10.2. The summed E-state index contributed by atoms with van der Waals surface area (Å²) in [5.74, 6) is -0.808. The molecule has 15 heavy (non-hydrogen) atoms. The second-order valence-corrected chi connectivity index (χ2v) is 3.28. The third-order valence-corrected chi connectivity index (χ3v) is 2.06. The van der Waals surface area contributed by atoms with Crippen molar-refractivity contribution in [3.8, 4) is 0 Å². The van der Waals surface area contributed by atoms with Gasteiger partial charge in [-0.15, -0.1) is 0 Å². The molecule has 0 aliphatic heterocycles. The van der Waals surface area contributed by atoms with Gasteiger partial charge in [-0.1, -0.05) is 43.5 Å². The van der Waals surface area contributed by atoms with Crippen molar-refractivity contribution >= 4 is 0 Å². The Labute approximate surface area is 90.8 Å². The minimum atomic E-state index is -0.808. The minimum Gasteiger partial charge on any atom is -0.467 e. The first-order valence-corrected chi connectivity index (χ1v) is 4.80. The van der Waals surface area contributed by atoms with E-state index in [4.69, 9.17) is 9.47 Å². The molecule has 2 heteroatoms. The first-order valence-electron chi connectivity index (χ1n) is 4.80. The van der Waals surface area contributed by atoms with Crippen LogP contribution in [0.4, 0.5) is 0 Å². The Morgan fingerprint density at radius 2 is 1.93 bits per heavy atom. The molecule has 1 aromatic carbocycles. The summed E-state index contributed by atoms with van der Waals surface area (Å²) in [7, 11) is 0. The lowest BCUT2D eigenvalue weighted by Gasteiger charge is -2.25. The van der Waals surface area contributed by atoms with Crippen molar-refractivity contribution in [2.45, 2.75) is 19.3 Å². The smallest absolute Gasteiger partial charge is 0.226 e. The fraction of sp³-hybridized carbons (Fsp3) is 0.231. The summed E-state index contributed by atoms with van der Waals surface area (Å²) in [5, 5.41) is 0. The molecule has 0 aliphatic carbocycles. The maximum atomic E-state index is 5.59. The zero-order valence-electron chi connectivity index (χ0n) is 8.98. The van der Waals surface area contributed by atoms with E-state index in [1.807, 2.05) is 30.3 Å². The van der Waals surface area contributed by atoms with Crippen molar-refractivity contribution < 1.29 is 9.47 Å². The average Bonchev–Trinajstić information content (AvgIpc) is 2.28. The van der Waals surface area contributed by atoms with Gasteiger partial charge in [-0.05, 0) is 11.6 Å². The Morgan fingerprint density at radius 1 is 1.27 bits per heavy atom. The predicted molar refractivity (Wildman–Crippen MR) is 61.1 cm³/mol. The molecule has 0 bridgehead atoms. The molecule has 0 aromatic heterocycles. The van der Waals surface area contributed by atoms with E-state index in [1.165, 1.54) is 6.26 Å². The largest absolute Gasteiger partial charge is 0.467 e. The van der Waals surface area contributed by atoms with Gasteiger partial charge in [0.2, 0.25) is 5.79 Å². The van der Waals surface area contributed by atoms with E-state index in [9.17, 15) is 0 Å². The van der Waals surface area contributed by atoms with Crippen LogP contribution in [0, 0.1) is 0 Å². The molecule has 1 aromatic rings. The van der Waals surface area contributed by atoms with Crippen molar-refractivity contribution in [3.05, 3.63) is 61.4 Å². The molecule has 80 valence electrons. The molecule has 0 spiro atoms. The summed E-state index contributed by atoms with van der Waals surface area (Å²) >= 11 is 0. The topological polar surface area (TPSA) is 18.5 Å². The number of rotatable bonds is 6. The van der Waals surface area contributed by atoms with Crippen molar-refractivity contribution in [1.82, 2.24) is 0 Å². The molecule has 0 fully saturated rings. The maximum Gasteiger partial charge on any atom is 0.226 e. The summed E-state index contributed by atoms with van der Waals surface area (Å²) in [6.45, 7) is 9.44. The van der Waals surface area contributed by atoms with Crippen LogP contribution in [0.25, 0.3) is 0 Å². The van der Waals surface area contributed by atoms with E-state index < -0.39 is 5.79 Å². The Kier molecular flexibility index (Phi) is 4.13. The molecule has 0 heterocycles. The highest BCUT2D eigenvalue weighted by Crippen LogP contribution is 2.16. The second kappa shape index (κ2) is 5.37. The fourth-order valence-corrected chi connectivity index (χ4v) is 1.11. The zero-order chi connectivity index (χ0) is 11.1. The third kappa shape index (κ3) is 3.60. The van der Waals surface area contributed by atoms with Gasteiger partial charge in [-0.2, -0.15) is 0 Å². The molecule has 2 nitrogen and oxygen atoms in total. The maximum absolute atomic E-state index is 5.59. The van der Waals surface area contributed by atoms with Crippen LogP contribution in [-0.2, 0) is 16.1 Å². The molecular formula is C13H16O2. The van der Waals surface area contributed by atoms with Crippen molar-refractivity contribution in [1.29, 1.82) is 0 Å². The number of hydrogen-bond acceptors (Lipinski definition) is 2. The molecule has 0 radical (unpaired) electrons. The van der Waals surface area contributed by atoms with E-state index in [2.05, 4.69) is 13.2 Å². The van der Waals surface area contributed by atoms with Crippen LogP contribution in [0.2, 0.25) is 0 Å². The Balaban J connectivity index is 2.55. The van der Waals surface area contributed by atoms with Gasteiger partial charge in [0.25, 0.3) is 0 Å². The van der Waals surface area contributed by atoms with Gasteiger partial charge >= 0.3 is 0 Å². The highest BCUT2D eigenvalue weighted by molar-refractivity contribution is 5.13. The molecule has 0 saturated heterocycles. The molecule has 0 amide bonds. The standard InChI is InChI=1S/C13H16O2/c1-4-13(3,14-5-2)15-11-12-9-7-6-8-10-12/h4-10H,1-2,11H2,3H3. The van der Waals surface area contributed by atoms with E-state index in [-0.39, 0.29) is 0 Å². The van der Waals surface area contributed by atoms with Gasteiger partial charge in [0, 0.05) is 6.92 Å². The van der Waals surface area contributed by atoms with Crippen LogP contribution in [0.15, 0.2) is 55.8 Å². The van der Waals surface area contributed by atoms with Crippen LogP contribution in [0.5, 0.6) is 0 Å². The van der Waals surface area contributed by atoms with Crippen LogP contribution in [0.1, 0.15) is 12.5 Å². The van der Waals surface area contributed by atoms with Gasteiger partial charge in [0.1, 0.15) is 0 Å². The Bertz CT molecular complexity index is 319. The summed E-state index contributed by atoms with van der Waals surface area (Å²) in [5.41, 5.74) is 1.10. The SMILES string of the molecule is C=COC(C)(C=C)OCc1ccccc1. The summed E-state index contributed by atoms with van der Waals surface area (Å²) in [6.07, 6.45) is 2.96. The van der Waals surface area contributed by atoms with E-state index >= 15 is 0 Å². The van der Waals surface area contributed by atoms with E-state index in [0.717, 1.165) is 5.56 Å². The lowest BCUT2D eigenvalue weighted by molar-refractivity contribution is -0.166. The van der Waals surface area contributed by atoms with Crippen molar-refractivity contribution in [2.24, 2.45) is 0 Å². The lowest BCUT2D eigenvalue weighted by Crippen LogP contribution is -2.27. The minimum absolute atomic E-state index is 0.483. The Morgan fingerprint density at radius 3 is 2.47 bits per heavy atom. The normalized spacial score (nSPS) is 13.9. The Hall–Kier alpha value is -1.54. The number of benzene rings is 1. The molecular weight excluding hydrogens is 188 g/mol. The molecule has 0 N–H and O–H groups in total. The average molecular weight is 204 g/mol. The van der Waals surface area contributed by atoms with Gasteiger partial charge in [0.15, 0.2) is 0 Å². The zero-order valence-corrected chi connectivity index (χ0v) is 8.98. The highest BCUT2D eigenvalue weighted by atomic mass is 16.7. The summed E-state index contributed by atoms with van der Waals surface area (Å²) in [4.78, 5) is 0. The van der Waals surface area contributed by atoms with Crippen LogP contribution in [0.3, 0.4) is 0 Å². The number of ether oxygens (including phenoxy) is 2. The third-order valence-electron chi connectivity index (χ3n) is 2.06. The van der Waals surface area contributed by atoms with Crippen molar-refractivity contribution in [3.63, 3.8) is 0 Å². The molecule has 1 rings (SSSR count). The molecule has 1 unspecified atom stereocenters. The first kappa shape index (κ1) is 11.5. The van der Waals surface area contributed by atoms with Gasteiger partial charge in [0.05, 0.1) is 12.9 Å². The van der Waals surface area contributed by atoms with E-state index in [1.54, 1.807) is 13.0 Å². The molecule has 0 aliphatic rings. The summed E-state index contributed by atoms with van der Waals surface area (Å²) in [6, 6.07) is 9.90. The highest BCUT2D eigenvalue weighted by Gasteiger charge is 2.20. The van der Waals surface area contributed by atoms with Gasteiger partial charge in [-0.25, -0.2) is 0 Å². The van der Waals surface area contributed by atoms with Crippen LogP contribution in [-0.4, -0.2) is 5.79 Å². The fourth-order valence-electron chi connectivity index (χ4n) is 1.11. The van der Waals surface area contributed by atoms with Crippen LogP contribution >= 0.6 is 0 Å². The monoisotopic (exact) mass is 204 g/mol. The number of hydrogen-bond donors (Lipinski definition) is 0. The van der Waals surface area contributed by atoms with Crippen LogP contribution < -0.4 is 0 Å². The second-order valence-electron chi connectivity index (χ2n) is 3.28. The molecule has 0 saturated carbocycles.